The molecule has 4 aromatic rings. The Morgan fingerprint density at radius 2 is 2.07 bits per heavy atom. The van der Waals surface area contributed by atoms with Crippen molar-refractivity contribution >= 4 is 50.7 Å². The molecule has 148 valence electrons. The van der Waals surface area contributed by atoms with Gasteiger partial charge in [-0.1, -0.05) is 30.3 Å². The van der Waals surface area contributed by atoms with Crippen molar-refractivity contribution in [3.05, 3.63) is 45.6 Å². The zero-order valence-corrected chi connectivity index (χ0v) is 18.1. The van der Waals surface area contributed by atoms with Crippen LogP contribution in [0.4, 0.5) is 5.82 Å². The second-order valence-electron chi connectivity index (χ2n) is 7.23. The molecule has 29 heavy (non-hydrogen) atoms. The van der Waals surface area contributed by atoms with Crippen molar-refractivity contribution in [2.45, 2.75) is 37.2 Å². The van der Waals surface area contributed by atoms with Gasteiger partial charge in [-0.3, -0.25) is 0 Å². The van der Waals surface area contributed by atoms with E-state index in [-0.39, 0.29) is 0 Å². The van der Waals surface area contributed by atoms with E-state index in [1.807, 2.05) is 12.1 Å². The number of halogens is 1. The third-order valence-corrected chi connectivity index (χ3v) is 7.27. The molecule has 0 spiro atoms. The van der Waals surface area contributed by atoms with Crippen LogP contribution in [-0.2, 0) is 18.6 Å². The van der Waals surface area contributed by atoms with E-state index in [0.717, 1.165) is 28.6 Å². The molecule has 0 saturated carbocycles. The topological polar surface area (TPSA) is 90.7 Å². The highest BCUT2D eigenvalue weighted by atomic mass is 35.5. The molecule has 6 nitrogen and oxygen atoms in total. The zero-order chi connectivity index (χ0) is 20.0. The van der Waals surface area contributed by atoms with E-state index in [2.05, 4.69) is 22.1 Å². The van der Waals surface area contributed by atoms with E-state index in [0.29, 0.717) is 39.4 Å². The molecule has 3 heterocycles. The van der Waals surface area contributed by atoms with Crippen molar-refractivity contribution < 1.29 is 4.42 Å². The molecule has 0 fully saturated rings. The van der Waals surface area contributed by atoms with Crippen LogP contribution in [0.1, 0.15) is 29.6 Å². The van der Waals surface area contributed by atoms with Crippen LogP contribution >= 0.6 is 34.7 Å². The zero-order valence-electron chi connectivity index (χ0n) is 15.7. The summed E-state index contributed by atoms with van der Waals surface area (Å²) in [7, 11) is 0. The summed E-state index contributed by atoms with van der Waals surface area (Å²) in [6.07, 6.45) is 3.37. The maximum absolute atomic E-state index is 6.31. The van der Waals surface area contributed by atoms with E-state index < -0.39 is 0 Å². The summed E-state index contributed by atoms with van der Waals surface area (Å²) < 4.78 is 5.74. The number of anilines is 1. The summed E-state index contributed by atoms with van der Waals surface area (Å²) in [5.41, 5.74) is 8.48. The standard InChI is InChI=1S/C20H18ClN5OS2/c1-10-2-7-13-14(8-10)29-19-16(13)17(22)23-15(24-19)9-28-20-26-25-18(27-20)11-3-5-12(21)6-4-11/h3-6,10H,2,7-9H2,1H3,(H2,22,23,24). The van der Waals surface area contributed by atoms with Gasteiger partial charge in [0.15, 0.2) is 0 Å². The van der Waals surface area contributed by atoms with Crippen molar-refractivity contribution in [2.75, 3.05) is 5.73 Å². The van der Waals surface area contributed by atoms with Crippen LogP contribution in [0.25, 0.3) is 21.7 Å². The molecule has 1 aliphatic rings. The third-order valence-electron chi connectivity index (χ3n) is 5.05. The summed E-state index contributed by atoms with van der Waals surface area (Å²) in [6.45, 7) is 2.30. The molecule has 0 bridgehead atoms. The number of thiophene rings is 1. The first kappa shape index (κ1) is 18.8. The fourth-order valence-corrected chi connectivity index (χ4v) is 5.74. The highest BCUT2D eigenvalue weighted by Gasteiger charge is 2.23. The smallest absolute Gasteiger partial charge is 0.277 e. The van der Waals surface area contributed by atoms with E-state index in [1.54, 1.807) is 23.5 Å². The molecule has 1 aromatic carbocycles. The molecule has 0 saturated heterocycles. The van der Waals surface area contributed by atoms with E-state index in [4.69, 9.17) is 26.7 Å². The van der Waals surface area contributed by atoms with Gasteiger partial charge in [-0.15, -0.1) is 21.5 Å². The minimum Gasteiger partial charge on any atom is -0.411 e. The minimum absolute atomic E-state index is 0.458. The van der Waals surface area contributed by atoms with Crippen molar-refractivity contribution in [1.82, 2.24) is 20.2 Å². The number of nitrogens with zero attached hydrogens (tertiary/aromatic N) is 4. The first-order chi connectivity index (χ1) is 14.1. The average molecular weight is 444 g/mol. The molecular weight excluding hydrogens is 426 g/mol. The van der Waals surface area contributed by atoms with Crippen LogP contribution in [0.3, 0.4) is 0 Å². The lowest BCUT2D eigenvalue weighted by Gasteiger charge is -2.17. The summed E-state index contributed by atoms with van der Waals surface area (Å²) in [4.78, 5) is 11.7. The first-order valence-electron chi connectivity index (χ1n) is 9.35. The molecule has 1 unspecified atom stereocenters. The normalized spacial score (nSPS) is 16.3. The number of nitrogens with two attached hydrogens (primary N) is 1. The Labute approximate surface area is 180 Å². The van der Waals surface area contributed by atoms with Gasteiger partial charge in [0.2, 0.25) is 5.89 Å². The van der Waals surface area contributed by atoms with Crippen molar-refractivity contribution in [3.8, 4) is 11.5 Å². The lowest BCUT2D eigenvalue weighted by Crippen LogP contribution is -2.09. The maximum Gasteiger partial charge on any atom is 0.277 e. The summed E-state index contributed by atoms with van der Waals surface area (Å²) in [5, 5.41) is 10.4. The van der Waals surface area contributed by atoms with Crippen molar-refractivity contribution in [3.63, 3.8) is 0 Å². The van der Waals surface area contributed by atoms with Gasteiger partial charge in [-0.25, -0.2) is 9.97 Å². The quantitative estimate of drug-likeness (QED) is 0.422. The molecule has 1 atom stereocenters. The minimum atomic E-state index is 0.458. The van der Waals surface area contributed by atoms with Crippen LogP contribution in [0.5, 0.6) is 0 Å². The van der Waals surface area contributed by atoms with Crippen LogP contribution in [0.2, 0.25) is 5.02 Å². The lowest BCUT2D eigenvalue weighted by molar-refractivity contribution is 0.465. The van der Waals surface area contributed by atoms with Gasteiger partial charge in [0, 0.05) is 15.5 Å². The van der Waals surface area contributed by atoms with Gasteiger partial charge in [0.05, 0.1) is 11.1 Å². The third kappa shape index (κ3) is 3.72. The molecule has 0 aliphatic heterocycles. The molecule has 5 rings (SSSR count). The van der Waals surface area contributed by atoms with Crippen molar-refractivity contribution in [1.29, 1.82) is 0 Å². The summed E-state index contributed by atoms with van der Waals surface area (Å²) in [6, 6.07) is 7.28. The predicted octanol–water partition coefficient (Wildman–Crippen LogP) is 5.39. The number of aryl methyl sites for hydroxylation is 1. The number of nitrogen functional groups attached to an aromatic ring is 1. The summed E-state index contributed by atoms with van der Waals surface area (Å²) in [5.74, 6) is 2.94. The molecule has 3 aromatic heterocycles. The second-order valence-corrected chi connectivity index (χ2v) is 9.67. The van der Waals surface area contributed by atoms with Gasteiger partial charge in [0.25, 0.3) is 5.22 Å². The highest BCUT2D eigenvalue weighted by Crippen LogP contribution is 2.39. The van der Waals surface area contributed by atoms with Crippen molar-refractivity contribution in [2.24, 2.45) is 5.92 Å². The largest absolute Gasteiger partial charge is 0.411 e. The lowest BCUT2D eigenvalue weighted by atomic mass is 9.89. The maximum atomic E-state index is 6.31. The van der Waals surface area contributed by atoms with Crippen LogP contribution in [0.15, 0.2) is 33.9 Å². The van der Waals surface area contributed by atoms with Crippen LogP contribution in [-0.4, -0.2) is 20.2 Å². The predicted molar refractivity (Wildman–Crippen MR) is 117 cm³/mol. The molecule has 0 amide bonds. The van der Waals surface area contributed by atoms with E-state index >= 15 is 0 Å². The number of fused-ring (bicyclic) bond motifs is 3. The Balaban J connectivity index is 1.35. The van der Waals surface area contributed by atoms with Gasteiger partial charge >= 0.3 is 0 Å². The number of hydrogen-bond acceptors (Lipinski definition) is 8. The fourth-order valence-electron chi connectivity index (χ4n) is 3.58. The fraction of sp³-hybridized carbons (Fsp3) is 0.300. The molecule has 9 heteroatoms. The monoisotopic (exact) mass is 443 g/mol. The van der Waals surface area contributed by atoms with Gasteiger partial charge in [-0.05, 0) is 55.0 Å². The Hall–Kier alpha value is -2.16. The van der Waals surface area contributed by atoms with E-state index in [1.165, 1.54) is 28.6 Å². The SMILES string of the molecule is CC1CCc2c(sc3nc(CSc4nnc(-c5ccc(Cl)cc5)o4)nc(N)c23)C1. The van der Waals surface area contributed by atoms with Gasteiger partial charge in [-0.2, -0.15) is 0 Å². The van der Waals surface area contributed by atoms with Crippen LogP contribution in [0, 0.1) is 5.92 Å². The Morgan fingerprint density at radius 3 is 2.90 bits per heavy atom. The Morgan fingerprint density at radius 1 is 1.24 bits per heavy atom. The second kappa shape index (κ2) is 7.59. The Bertz CT molecular complexity index is 1190. The van der Waals surface area contributed by atoms with Gasteiger partial charge < -0.3 is 10.2 Å². The summed E-state index contributed by atoms with van der Waals surface area (Å²) >= 11 is 9.08. The molecular formula is C20H18ClN5OS2. The number of rotatable bonds is 4. The molecule has 0 radical (unpaired) electrons. The number of hydrogen-bond donors (Lipinski definition) is 1. The number of thioether (sulfide) groups is 1. The van der Waals surface area contributed by atoms with Gasteiger partial charge in [0.1, 0.15) is 16.5 Å². The Kier molecular flexibility index (Phi) is 4.93. The highest BCUT2D eigenvalue weighted by molar-refractivity contribution is 7.98. The van der Waals surface area contributed by atoms with Crippen LogP contribution < -0.4 is 5.73 Å². The van der Waals surface area contributed by atoms with E-state index in [9.17, 15) is 0 Å². The first-order valence-corrected chi connectivity index (χ1v) is 11.5. The molecule has 2 N–H and O–H groups in total. The molecule has 1 aliphatic carbocycles. The number of aromatic nitrogens is 4. The number of benzene rings is 1. The average Bonchev–Trinajstić information content (AvgIpc) is 3.31.